The van der Waals surface area contributed by atoms with Crippen LogP contribution in [0.5, 0.6) is 0 Å². The Morgan fingerprint density at radius 1 is 1.29 bits per heavy atom. The average Bonchev–Trinajstić information content (AvgIpc) is 2.36. The van der Waals surface area contributed by atoms with E-state index in [0.717, 1.165) is 12.1 Å². The van der Waals surface area contributed by atoms with Crippen molar-refractivity contribution in [1.29, 1.82) is 0 Å². The van der Waals surface area contributed by atoms with Gasteiger partial charge in [0, 0.05) is 6.54 Å². The van der Waals surface area contributed by atoms with Gasteiger partial charge in [0.2, 0.25) is 10.0 Å². The Balaban J connectivity index is 2.64. The molecule has 1 aromatic carbocycles. The fourth-order valence-corrected chi connectivity index (χ4v) is 2.68. The first kappa shape index (κ1) is 17.8. The molecule has 0 aromatic heterocycles. The standard InChI is InChI=1S/C11H13F4NO4S/c12-9-2-1-8(6-17)10(5-9)21(18,19)16-3-4-20-7-11(13,14)15/h1-2,5,16-17H,3-4,6-7H2. The molecule has 0 spiro atoms. The van der Waals surface area contributed by atoms with Crippen LogP contribution in [0.15, 0.2) is 23.1 Å². The molecule has 0 heterocycles. The number of halogens is 4. The first-order valence-corrected chi connectivity index (χ1v) is 7.17. The van der Waals surface area contributed by atoms with E-state index >= 15 is 0 Å². The monoisotopic (exact) mass is 331 g/mol. The molecule has 0 saturated heterocycles. The molecule has 120 valence electrons. The molecule has 1 aromatic rings. The van der Waals surface area contributed by atoms with Gasteiger partial charge in [-0.1, -0.05) is 6.07 Å². The van der Waals surface area contributed by atoms with E-state index in [0.29, 0.717) is 6.07 Å². The van der Waals surface area contributed by atoms with Gasteiger partial charge in [-0.05, 0) is 17.7 Å². The molecule has 21 heavy (non-hydrogen) atoms. The number of rotatable bonds is 7. The van der Waals surface area contributed by atoms with Crippen molar-refractivity contribution in [2.75, 3.05) is 19.8 Å². The summed E-state index contributed by atoms with van der Waals surface area (Å²) >= 11 is 0. The minimum atomic E-state index is -4.49. The highest BCUT2D eigenvalue weighted by Crippen LogP contribution is 2.17. The first-order valence-electron chi connectivity index (χ1n) is 5.69. The van der Waals surface area contributed by atoms with Gasteiger partial charge < -0.3 is 9.84 Å². The van der Waals surface area contributed by atoms with Crippen LogP contribution in [0.4, 0.5) is 17.6 Å². The molecule has 0 saturated carbocycles. The fourth-order valence-electron chi connectivity index (χ4n) is 1.42. The Kier molecular flexibility index (Phi) is 6.08. The maximum absolute atomic E-state index is 13.1. The van der Waals surface area contributed by atoms with E-state index in [9.17, 15) is 26.0 Å². The number of aliphatic hydroxyl groups is 1. The van der Waals surface area contributed by atoms with E-state index in [2.05, 4.69) is 4.74 Å². The molecule has 0 unspecified atom stereocenters. The quantitative estimate of drug-likeness (QED) is 0.581. The lowest BCUT2D eigenvalue weighted by molar-refractivity contribution is -0.173. The van der Waals surface area contributed by atoms with Gasteiger partial charge in [-0.25, -0.2) is 17.5 Å². The van der Waals surface area contributed by atoms with E-state index in [1.54, 1.807) is 0 Å². The van der Waals surface area contributed by atoms with Crippen LogP contribution in [-0.2, 0) is 21.4 Å². The summed E-state index contributed by atoms with van der Waals surface area (Å²) < 4.78 is 78.4. The molecule has 1 rings (SSSR count). The number of hydrogen-bond donors (Lipinski definition) is 2. The topological polar surface area (TPSA) is 75.6 Å². The SMILES string of the molecule is O=S(=O)(NCCOCC(F)(F)F)c1cc(F)ccc1CO. The fraction of sp³-hybridized carbons (Fsp3) is 0.455. The summed E-state index contributed by atoms with van der Waals surface area (Å²) in [4.78, 5) is -0.471. The normalized spacial score (nSPS) is 12.6. The van der Waals surface area contributed by atoms with Crippen LogP contribution in [0.2, 0.25) is 0 Å². The summed E-state index contributed by atoms with van der Waals surface area (Å²) in [6, 6.07) is 2.80. The molecule has 0 radical (unpaired) electrons. The van der Waals surface area contributed by atoms with E-state index < -0.39 is 53.3 Å². The Morgan fingerprint density at radius 2 is 1.95 bits per heavy atom. The van der Waals surface area contributed by atoms with E-state index in [1.165, 1.54) is 0 Å². The van der Waals surface area contributed by atoms with Gasteiger partial charge in [0.25, 0.3) is 0 Å². The highest BCUT2D eigenvalue weighted by atomic mass is 32.2. The summed E-state index contributed by atoms with van der Waals surface area (Å²) in [5.74, 6) is -0.819. The zero-order chi connectivity index (χ0) is 16.1. The largest absolute Gasteiger partial charge is 0.411 e. The Morgan fingerprint density at radius 3 is 2.52 bits per heavy atom. The van der Waals surface area contributed by atoms with Crippen LogP contribution >= 0.6 is 0 Å². The number of ether oxygens (including phenoxy) is 1. The van der Waals surface area contributed by atoms with Gasteiger partial charge in [-0.2, -0.15) is 13.2 Å². The summed E-state index contributed by atoms with van der Waals surface area (Å²) in [7, 11) is -4.15. The van der Waals surface area contributed by atoms with Crippen molar-refractivity contribution in [3.8, 4) is 0 Å². The van der Waals surface area contributed by atoms with Gasteiger partial charge in [0.15, 0.2) is 0 Å². The first-order chi connectivity index (χ1) is 9.65. The van der Waals surface area contributed by atoms with Gasteiger partial charge in [-0.3, -0.25) is 0 Å². The minimum Gasteiger partial charge on any atom is -0.392 e. The molecule has 0 amide bonds. The Bertz CT molecular complexity index is 574. The second kappa shape index (κ2) is 7.16. The van der Waals surface area contributed by atoms with Gasteiger partial charge in [0.05, 0.1) is 18.1 Å². The number of aliphatic hydroxyl groups excluding tert-OH is 1. The predicted molar refractivity (Wildman–Crippen MR) is 64.4 cm³/mol. The lowest BCUT2D eigenvalue weighted by Gasteiger charge is -2.11. The van der Waals surface area contributed by atoms with E-state index in [4.69, 9.17) is 5.11 Å². The van der Waals surface area contributed by atoms with Crippen LogP contribution in [-0.4, -0.2) is 39.5 Å². The third kappa shape index (κ3) is 5.96. The third-order valence-electron chi connectivity index (χ3n) is 2.29. The van der Waals surface area contributed by atoms with Gasteiger partial charge in [-0.15, -0.1) is 0 Å². The number of sulfonamides is 1. The van der Waals surface area contributed by atoms with Crippen LogP contribution in [0.25, 0.3) is 0 Å². The summed E-state index contributed by atoms with van der Waals surface area (Å²) in [6.07, 6.45) is -4.49. The van der Waals surface area contributed by atoms with E-state index in [-0.39, 0.29) is 5.56 Å². The van der Waals surface area contributed by atoms with Crippen LogP contribution < -0.4 is 4.72 Å². The average molecular weight is 331 g/mol. The molecule has 2 N–H and O–H groups in total. The van der Waals surface area contributed by atoms with Crippen molar-refractivity contribution in [3.05, 3.63) is 29.6 Å². The minimum absolute atomic E-state index is 0.0277. The van der Waals surface area contributed by atoms with Crippen molar-refractivity contribution in [1.82, 2.24) is 4.72 Å². The summed E-state index contributed by atoms with van der Waals surface area (Å²) in [6.45, 7) is -3.03. The van der Waals surface area contributed by atoms with Crippen molar-refractivity contribution in [2.24, 2.45) is 0 Å². The van der Waals surface area contributed by atoms with E-state index in [1.807, 2.05) is 4.72 Å². The summed E-state index contributed by atoms with van der Waals surface area (Å²) in [5, 5.41) is 9.01. The number of nitrogens with one attached hydrogen (secondary N) is 1. The van der Waals surface area contributed by atoms with Crippen molar-refractivity contribution in [3.63, 3.8) is 0 Å². The molecule has 5 nitrogen and oxygen atoms in total. The molecule has 0 aliphatic rings. The zero-order valence-electron chi connectivity index (χ0n) is 10.7. The lowest BCUT2D eigenvalue weighted by atomic mass is 10.2. The highest BCUT2D eigenvalue weighted by molar-refractivity contribution is 7.89. The molecule has 0 aliphatic carbocycles. The number of hydrogen-bond acceptors (Lipinski definition) is 4. The molecule has 0 fully saturated rings. The Hall–Kier alpha value is -1.23. The smallest absolute Gasteiger partial charge is 0.392 e. The predicted octanol–water partition coefficient (Wildman–Crippen LogP) is 1.18. The van der Waals surface area contributed by atoms with Gasteiger partial charge >= 0.3 is 6.18 Å². The van der Waals surface area contributed by atoms with Crippen molar-refractivity contribution < 1.29 is 35.8 Å². The molecular weight excluding hydrogens is 318 g/mol. The summed E-state index contributed by atoms with van der Waals surface area (Å²) in [5.41, 5.74) is -0.0277. The molecule has 0 atom stereocenters. The van der Waals surface area contributed by atoms with Gasteiger partial charge in [0.1, 0.15) is 12.4 Å². The van der Waals surface area contributed by atoms with Crippen molar-refractivity contribution in [2.45, 2.75) is 17.7 Å². The maximum Gasteiger partial charge on any atom is 0.411 e. The molecule has 10 heteroatoms. The number of benzene rings is 1. The highest BCUT2D eigenvalue weighted by Gasteiger charge is 2.27. The van der Waals surface area contributed by atoms with Crippen LogP contribution in [0.3, 0.4) is 0 Å². The molecule has 0 bridgehead atoms. The van der Waals surface area contributed by atoms with Crippen molar-refractivity contribution >= 4 is 10.0 Å². The zero-order valence-corrected chi connectivity index (χ0v) is 11.5. The molecular formula is C11H13F4NO4S. The second-order valence-electron chi connectivity index (χ2n) is 3.98. The number of alkyl halides is 3. The third-order valence-corrected chi connectivity index (χ3v) is 3.84. The molecule has 0 aliphatic heterocycles. The second-order valence-corrected chi connectivity index (χ2v) is 5.71. The maximum atomic E-state index is 13.1. The Labute approximate surface area is 118 Å². The van der Waals surface area contributed by atoms with Crippen LogP contribution in [0.1, 0.15) is 5.56 Å². The lowest BCUT2D eigenvalue weighted by Crippen LogP contribution is -2.29. The van der Waals surface area contributed by atoms with Crippen LogP contribution in [0, 0.1) is 5.82 Å².